The number of hydrogen-bond acceptors (Lipinski definition) is 4. The van der Waals surface area contributed by atoms with Gasteiger partial charge in [-0.15, -0.1) is 0 Å². The number of hydrogen-bond donors (Lipinski definition) is 1. The van der Waals surface area contributed by atoms with Crippen LogP contribution in [0.5, 0.6) is 5.75 Å². The van der Waals surface area contributed by atoms with Gasteiger partial charge in [-0.1, -0.05) is 30.3 Å². The standard InChI is InChI=1S/C20H21FN2O4/c1-23-17(24)12-27-19(18(23)15-8-3-4-9-16(15)21)20(25)22-11-13-6-5-7-14(10-13)26-2/h3-10,18-19H,11-12H2,1-2H3,(H,22,25)/t18-,19+/m0/s1. The number of rotatable bonds is 5. The fourth-order valence-corrected chi connectivity index (χ4v) is 3.09. The number of nitrogens with one attached hydrogen (secondary N) is 1. The Morgan fingerprint density at radius 1 is 1.30 bits per heavy atom. The zero-order valence-electron chi connectivity index (χ0n) is 15.1. The van der Waals surface area contributed by atoms with Crippen molar-refractivity contribution in [1.29, 1.82) is 0 Å². The van der Waals surface area contributed by atoms with E-state index in [9.17, 15) is 14.0 Å². The van der Waals surface area contributed by atoms with Crippen LogP contribution in [-0.2, 0) is 20.9 Å². The van der Waals surface area contributed by atoms with Gasteiger partial charge in [0, 0.05) is 19.2 Å². The van der Waals surface area contributed by atoms with Crippen LogP contribution in [0.15, 0.2) is 48.5 Å². The molecule has 1 aliphatic heterocycles. The number of methoxy groups -OCH3 is 1. The van der Waals surface area contributed by atoms with Crippen molar-refractivity contribution in [3.05, 3.63) is 65.5 Å². The first-order valence-corrected chi connectivity index (χ1v) is 8.53. The van der Waals surface area contributed by atoms with Crippen molar-refractivity contribution in [3.8, 4) is 5.75 Å². The molecule has 2 aromatic rings. The van der Waals surface area contributed by atoms with Crippen molar-refractivity contribution in [2.45, 2.75) is 18.7 Å². The average molecular weight is 372 g/mol. The summed E-state index contributed by atoms with van der Waals surface area (Å²) in [5.74, 6) is -0.519. The Bertz CT molecular complexity index is 842. The zero-order chi connectivity index (χ0) is 19.4. The lowest BCUT2D eigenvalue weighted by molar-refractivity contribution is -0.162. The number of halogens is 1. The predicted octanol–water partition coefficient (Wildman–Crippen LogP) is 2.05. The third-order valence-electron chi connectivity index (χ3n) is 4.57. The summed E-state index contributed by atoms with van der Waals surface area (Å²) in [6.45, 7) is 0.0379. The van der Waals surface area contributed by atoms with Gasteiger partial charge in [-0.3, -0.25) is 9.59 Å². The molecule has 0 radical (unpaired) electrons. The Labute approximate surface area is 156 Å². The molecule has 1 N–H and O–H groups in total. The van der Waals surface area contributed by atoms with E-state index in [0.29, 0.717) is 5.75 Å². The summed E-state index contributed by atoms with van der Waals surface area (Å²) in [6.07, 6.45) is -1.00. The molecule has 2 amide bonds. The topological polar surface area (TPSA) is 67.9 Å². The molecule has 0 spiro atoms. The van der Waals surface area contributed by atoms with Gasteiger partial charge in [0.25, 0.3) is 5.91 Å². The van der Waals surface area contributed by atoms with Crippen LogP contribution in [0.4, 0.5) is 4.39 Å². The van der Waals surface area contributed by atoms with Gasteiger partial charge in [-0.05, 0) is 23.8 Å². The Morgan fingerprint density at radius 2 is 2.07 bits per heavy atom. The molecule has 6 nitrogen and oxygen atoms in total. The summed E-state index contributed by atoms with van der Waals surface area (Å²) >= 11 is 0. The zero-order valence-corrected chi connectivity index (χ0v) is 15.1. The molecule has 3 rings (SSSR count). The predicted molar refractivity (Wildman–Crippen MR) is 96.5 cm³/mol. The van der Waals surface area contributed by atoms with Gasteiger partial charge in [0.1, 0.15) is 18.2 Å². The molecule has 2 atom stereocenters. The van der Waals surface area contributed by atoms with Crippen LogP contribution >= 0.6 is 0 Å². The average Bonchev–Trinajstić information content (AvgIpc) is 2.69. The van der Waals surface area contributed by atoms with E-state index in [0.717, 1.165) is 5.56 Å². The first kappa shape index (κ1) is 18.8. The quantitative estimate of drug-likeness (QED) is 0.872. The first-order valence-electron chi connectivity index (χ1n) is 8.53. The monoisotopic (exact) mass is 372 g/mol. The highest BCUT2D eigenvalue weighted by molar-refractivity contribution is 5.86. The van der Waals surface area contributed by atoms with Crippen molar-refractivity contribution >= 4 is 11.8 Å². The Hall–Kier alpha value is -2.93. The lowest BCUT2D eigenvalue weighted by atomic mass is 9.97. The third kappa shape index (κ3) is 4.09. The molecule has 1 fully saturated rings. The van der Waals surface area contributed by atoms with E-state index in [4.69, 9.17) is 9.47 Å². The lowest BCUT2D eigenvalue weighted by Crippen LogP contribution is -2.53. The maximum Gasteiger partial charge on any atom is 0.251 e. The fourth-order valence-electron chi connectivity index (χ4n) is 3.09. The number of benzene rings is 2. The van der Waals surface area contributed by atoms with Crippen LogP contribution in [0.3, 0.4) is 0 Å². The summed E-state index contributed by atoms with van der Waals surface area (Å²) in [5.41, 5.74) is 1.10. The third-order valence-corrected chi connectivity index (χ3v) is 4.57. The van der Waals surface area contributed by atoms with Gasteiger partial charge in [-0.2, -0.15) is 0 Å². The number of ether oxygens (including phenoxy) is 2. The summed E-state index contributed by atoms with van der Waals surface area (Å²) in [6, 6.07) is 12.5. The van der Waals surface area contributed by atoms with Crippen molar-refractivity contribution in [2.24, 2.45) is 0 Å². The molecule has 0 unspecified atom stereocenters. The maximum atomic E-state index is 14.3. The normalized spacial score (nSPS) is 19.7. The molecule has 2 aromatic carbocycles. The molecular formula is C20H21FN2O4. The number of carbonyl (C=O) groups is 2. The van der Waals surface area contributed by atoms with Gasteiger partial charge >= 0.3 is 0 Å². The summed E-state index contributed by atoms with van der Waals surface area (Å²) in [7, 11) is 3.11. The summed E-state index contributed by atoms with van der Waals surface area (Å²) in [4.78, 5) is 26.1. The summed E-state index contributed by atoms with van der Waals surface area (Å²) in [5, 5.41) is 2.79. The maximum absolute atomic E-state index is 14.3. The number of morpholine rings is 1. The van der Waals surface area contributed by atoms with Crippen molar-refractivity contribution in [3.63, 3.8) is 0 Å². The second-order valence-electron chi connectivity index (χ2n) is 6.27. The number of amides is 2. The van der Waals surface area contributed by atoms with Gasteiger partial charge < -0.3 is 19.7 Å². The van der Waals surface area contributed by atoms with Gasteiger partial charge in [0.05, 0.1) is 13.2 Å². The first-order chi connectivity index (χ1) is 13.0. The molecule has 1 aliphatic rings. The Balaban J connectivity index is 1.78. The molecule has 0 bridgehead atoms. The molecule has 0 aromatic heterocycles. The van der Waals surface area contributed by atoms with E-state index in [-0.39, 0.29) is 24.6 Å². The van der Waals surface area contributed by atoms with E-state index in [1.165, 1.54) is 11.0 Å². The largest absolute Gasteiger partial charge is 0.497 e. The summed E-state index contributed by atoms with van der Waals surface area (Å²) < 4.78 is 25.0. The van der Waals surface area contributed by atoms with Crippen LogP contribution in [-0.4, -0.2) is 43.6 Å². The van der Waals surface area contributed by atoms with Crippen LogP contribution in [0.25, 0.3) is 0 Å². The smallest absolute Gasteiger partial charge is 0.251 e. The molecule has 142 valence electrons. The molecule has 0 saturated carbocycles. The van der Waals surface area contributed by atoms with Gasteiger partial charge in [0.15, 0.2) is 6.10 Å². The van der Waals surface area contributed by atoms with Crippen molar-refractivity contribution in [1.82, 2.24) is 10.2 Å². The molecule has 1 heterocycles. The minimum Gasteiger partial charge on any atom is -0.497 e. The number of likely N-dealkylation sites (N-methyl/N-ethyl adjacent to an activating group) is 1. The highest BCUT2D eigenvalue weighted by atomic mass is 19.1. The second kappa shape index (κ2) is 8.18. The molecule has 27 heavy (non-hydrogen) atoms. The Morgan fingerprint density at radius 3 is 2.81 bits per heavy atom. The van der Waals surface area contributed by atoms with Crippen molar-refractivity contribution in [2.75, 3.05) is 20.8 Å². The fraction of sp³-hybridized carbons (Fsp3) is 0.300. The van der Waals surface area contributed by atoms with E-state index >= 15 is 0 Å². The van der Waals surface area contributed by atoms with E-state index in [1.54, 1.807) is 32.4 Å². The SMILES string of the molecule is COc1cccc(CNC(=O)[C@@H]2OCC(=O)N(C)[C@H]2c2ccccc2F)c1. The number of nitrogens with zero attached hydrogens (tertiary/aromatic N) is 1. The molecule has 0 aliphatic carbocycles. The second-order valence-corrected chi connectivity index (χ2v) is 6.27. The van der Waals surface area contributed by atoms with Crippen LogP contribution < -0.4 is 10.1 Å². The number of carbonyl (C=O) groups excluding carboxylic acids is 2. The highest BCUT2D eigenvalue weighted by Crippen LogP contribution is 2.30. The van der Waals surface area contributed by atoms with Gasteiger partial charge in [-0.25, -0.2) is 4.39 Å². The van der Waals surface area contributed by atoms with Crippen LogP contribution in [0.2, 0.25) is 0 Å². The van der Waals surface area contributed by atoms with Crippen molar-refractivity contribution < 1.29 is 23.5 Å². The lowest BCUT2D eigenvalue weighted by Gasteiger charge is -2.38. The van der Waals surface area contributed by atoms with E-state index < -0.39 is 23.9 Å². The van der Waals surface area contributed by atoms with E-state index in [2.05, 4.69) is 5.32 Å². The molecule has 7 heteroatoms. The van der Waals surface area contributed by atoms with Gasteiger partial charge in [0.2, 0.25) is 5.91 Å². The highest BCUT2D eigenvalue weighted by Gasteiger charge is 2.41. The minimum absolute atomic E-state index is 0.224. The van der Waals surface area contributed by atoms with E-state index in [1.807, 2.05) is 24.3 Å². The van der Waals surface area contributed by atoms with Crippen LogP contribution in [0.1, 0.15) is 17.2 Å². The molecular weight excluding hydrogens is 351 g/mol. The van der Waals surface area contributed by atoms with Crippen LogP contribution in [0, 0.1) is 5.82 Å². The Kier molecular flexibility index (Phi) is 5.71. The molecule has 1 saturated heterocycles. The minimum atomic E-state index is -1.00.